The van der Waals surface area contributed by atoms with Gasteiger partial charge in [0.05, 0.1) is 12.1 Å². The minimum atomic E-state index is 0.609. The average molecular weight is 329 g/mol. The van der Waals surface area contributed by atoms with Gasteiger partial charge in [0.1, 0.15) is 5.75 Å². The van der Waals surface area contributed by atoms with E-state index < -0.39 is 0 Å². The van der Waals surface area contributed by atoms with Crippen LogP contribution in [0.1, 0.15) is 12.0 Å². The van der Waals surface area contributed by atoms with Crippen molar-refractivity contribution in [2.75, 3.05) is 31.6 Å². The third-order valence-corrected chi connectivity index (χ3v) is 5.27. The fourth-order valence-corrected chi connectivity index (χ4v) is 4.12. The van der Waals surface area contributed by atoms with Gasteiger partial charge in [0.2, 0.25) is 0 Å². The maximum atomic E-state index is 6.54. The Bertz CT molecular complexity index is 731. The van der Waals surface area contributed by atoms with Crippen molar-refractivity contribution in [1.29, 1.82) is 0 Å². The molecule has 3 nitrogen and oxygen atoms in total. The van der Waals surface area contributed by atoms with Crippen LogP contribution in [0.2, 0.25) is 5.02 Å². The van der Waals surface area contributed by atoms with E-state index >= 15 is 0 Å². The summed E-state index contributed by atoms with van der Waals surface area (Å²) in [6.45, 7) is 3.21. The van der Waals surface area contributed by atoms with E-state index in [-0.39, 0.29) is 0 Å². The molecule has 0 radical (unpaired) electrons. The summed E-state index contributed by atoms with van der Waals surface area (Å²) in [5, 5.41) is 4.25. The molecule has 0 saturated carbocycles. The van der Waals surface area contributed by atoms with Crippen molar-refractivity contribution in [1.82, 2.24) is 5.32 Å². The molecule has 2 aliphatic heterocycles. The predicted molar refractivity (Wildman–Crippen MR) is 95.8 cm³/mol. The largest absolute Gasteiger partial charge is 0.497 e. The molecule has 1 unspecified atom stereocenters. The van der Waals surface area contributed by atoms with Crippen LogP contribution in [-0.4, -0.2) is 32.8 Å². The lowest BCUT2D eigenvalue weighted by molar-refractivity contribution is 0.415. The number of nitrogens with one attached hydrogen (secondary N) is 1. The Morgan fingerprint density at radius 2 is 2.09 bits per heavy atom. The molecule has 2 aromatic rings. The van der Waals surface area contributed by atoms with E-state index in [0.29, 0.717) is 6.04 Å². The lowest BCUT2D eigenvalue weighted by atomic mass is 9.99. The van der Waals surface area contributed by atoms with Gasteiger partial charge < -0.3 is 15.0 Å². The van der Waals surface area contributed by atoms with E-state index in [9.17, 15) is 0 Å². The van der Waals surface area contributed by atoms with Gasteiger partial charge in [0.25, 0.3) is 0 Å². The molecule has 4 heteroatoms. The molecule has 0 aliphatic carbocycles. The van der Waals surface area contributed by atoms with Crippen molar-refractivity contribution >= 4 is 17.3 Å². The molecule has 0 bridgehead atoms. The molecule has 4 rings (SSSR count). The quantitative estimate of drug-likeness (QED) is 0.909. The van der Waals surface area contributed by atoms with Crippen LogP contribution in [0.25, 0.3) is 11.1 Å². The maximum absolute atomic E-state index is 6.54. The van der Waals surface area contributed by atoms with Crippen LogP contribution in [0, 0.1) is 0 Å². The molecule has 120 valence electrons. The van der Waals surface area contributed by atoms with Crippen molar-refractivity contribution in [2.45, 2.75) is 18.9 Å². The second kappa shape index (κ2) is 6.06. The van der Waals surface area contributed by atoms with Gasteiger partial charge in [0.15, 0.2) is 0 Å². The highest BCUT2D eigenvalue weighted by Crippen LogP contribution is 2.44. The summed E-state index contributed by atoms with van der Waals surface area (Å²) < 4.78 is 5.28. The van der Waals surface area contributed by atoms with Gasteiger partial charge in [0, 0.05) is 35.9 Å². The number of benzene rings is 2. The summed E-state index contributed by atoms with van der Waals surface area (Å²) in [4.78, 5) is 2.57. The normalized spacial score (nSPS) is 19.9. The SMILES string of the molecule is COc1ccc(-c2cccc3c2N2CCNCCC2C3)c(Cl)c1. The maximum Gasteiger partial charge on any atom is 0.120 e. The summed E-state index contributed by atoms with van der Waals surface area (Å²) >= 11 is 6.54. The number of ether oxygens (including phenoxy) is 1. The predicted octanol–water partition coefficient (Wildman–Crippen LogP) is 3.74. The Morgan fingerprint density at radius 3 is 2.91 bits per heavy atom. The van der Waals surface area contributed by atoms with Gasteiger partial charge in [-0.3, -0.25) is 0 Å². The van der Waals surface area contributed by atoms with E-state index in [1.54, 1.807) is 7.11 Å². The molecular formula is C19H21ClN2O. The molecule has 0 amide bonds. The molecule has 2 aromatic carbocycles. The molecule has 2 heterocycles. The highest BCUT2D eigenvalue weighted by Gasteiger charge is 2.32. The number of anilines is 1. The minimum Gasteiger partial charge on any atom is -0.497 e. The first-order valence-electron chi connectivity index (χ1n) is 8.21. The highest BCUT2D eigenvalue weighted by molar-refractivity contribution is 6.33. The van der Waals surface area contributed by atoms with Crippen LogP contribution in [-0.2, 0) is 6.42 Å². The molecule has 1 atom stereocenters. The Hall–Kier alpha value is -1.71. The smallest absolute Gasteiger partial charge is 0.120 e. The molecule has 1 N–H and O–H groups in total. The van der Waals surface area contributed by atoms with Gasteiger partial charge in [-0.15, -0.1) is 0 Å². The van der Waals surface area contributed by atoms with Crippen LogP contribution in [0.3, 0.4) is 0 Å². The summed E-state index contributed by atoms with van der Waals surface area (Å²) in [6.07, 6.45) is 2.34. The van der Waals surface area contributed by atoms with E-state index in [2.05, 4.69) is 34.5 Å². The average Bonchev–Trinajstić information content (AvgIpc) is 2.76. The number of rotatable bonds is 2. The molecule has 23 heavy (non-hydrogen) atoms. The van der Waals surface area contributed by atoms with E-state index in [4.69, 9.17) is 16.3 Å². The van der Waals surface area contributed by atoms with Crippen LogP contribution in [0.4, 0.5) is 5.69 Å². The van der Waals surface area contributed by atoms with Crippen molar-refractivity contribution in [3.05, 3.63) is 47.0 Å². The topological polar surface area (TPSA) is 24.5 Å². The first kappa shape index (κ1) is 14.9. The molecular weight excluding hydrogens is 308 g/mol. The highest BCUT2D eigenvalue weighted by atomic mass is 35.5. The van der Waals surface area contributed by atoms with Gasteiger partial charge >= 0.3 is 0 Å². The van der Waals surface area contributed by atoms with Gasteiger partial charge in [-0.25, -0.2) is 0 Å². The molecule has 1 fully saturated rings. The first-order valence-corrected chi connectivity index (χ1v) is 8.59. The number of para-hydroxylation sites is 1. The Balaban J connectivity index is 1.81. The number of halogens is 1. The van der Waals surface area contributed by atoms with Gasteiger partial charge in [-0.1, -0.05) is 29.8 Å². The zero-order valence-electron chi connectivity index (χ0n) is 13.3. The van der Waals surface area contributed by atoms with Crippen molar-refractivity contribution in [3.63, 3.8) is 0 Å². The Kier molecular flexibility index (Phi) is 3.92. The Labute approximate surface area is 142 Å². The second-order valence-electron chi connectivity index (χ2n) is 6.25. The summed E-state index contributed by atoms with van der Waals surface area (Å²) in [5.74, 6) is 0.795. The van der Waals surface area contributed by atoms with Crippen LogP contribution in [0.5, 0.6) is 5.75 Å². The fraction of sp³-hybridized carbons (Fsp3) is 0.368. The monoisotopic (exact) mass is 328 g/mol. The third-order valence-electron chi connectivity index (χ3n) is 4.95. The van der Waals surface area contributed by atoms with Crippen LogP contribution in [0.15, 0.2) is 36.4 Å². The number of nitrogens with zero attached hydrogens (tertiary/aromatic N) is 1. The summed E-state index contributed by atoms with van der Waals surface area (Å²) in [6, 6.07) is 13.2. The molecule has 2 aliphatic rings. The third kappa shape index (κ3) is 2.58. The summed E-state index contributed by atoms with van der Waals surface area (Å²) in [7, 11) is 1.67. The zero-order chi connectivity index (χ0) is 15.8. The second-order valence-corrected chi connectivity index (χ2v) is 6.66. The standard InChI is InChI=1S/C19H21ClN2O/c1-23-15-5-6-16(18(20)12-15)17-4-2-3-13-11-14-7-8-21-9-10-22(14)19(13)17/h2-6,12,14,21H,7-11H2,1H3. The number of hydrogen-bond acceptors (Lipinski definition) is 3. The van der Waals surface area contributed by atoms with Crippen molar-refractivity contribution in [2.24, 2.45) is 0 Å². The number of hydrogen-bond donors (Lipinski definition) is 1. The fourth-order valence-electron chi connectivity index (χ4n) is 3.85. The van der Waals surface area contributed by atoms with Crippen molar-refractivity contribution in [3.8, 4) is 16.9 Å². The lowest BCUT2D eigenvalue weighted by Crippen LogP contribution is -2.33. The zero-order valence-corrected chi connectivity index (χ0v) is 14.1. The van der Waals surface area contributed by atoms with E-state index in [1.807, 2.05) is 12.1 Å². The lowest BCUT2D eigenvalue weighted by Gasteiger charge is -2.27. The number of fused-ring (bicyclic) bond motifs is 3. The van der Waals surface area contributed by atoms with Gasteiger partial charge in [-0.05, 0) is 43.1 Å². The van der Waals surface area contributed by atoms with Crippen LogP contribution < -0.4 is 15.0 Å². The van der Waals surface area contributed by atoms with E-state index in [1.165, 1.54) is 23.2 Å². The van der Waals surface area contributed by atoms with Crippen molar-refractivity contribution < 1.29 is 4.74 Å². The van der Waals surface area contributed by atoms with E-state index in [0.717, 1.165) is 42.4 Å². The summed E-state index contributed by atoms with van der Waals surface area (Å²) in [5.41, 5.74) is 5.14. The van der Waals surface area contributed by atoms with Gasteiger partial charge in [-0.2, -0.15) is 0 Å². The minimum absolute atomic E-state index is 0.609. The molecule has 0 spiro atoms. The molecule has 0 aromatic heterocycles. The number of methoxy groups -OCH3 is 1. The Morgan fingerprint density at radius 1 is 1.17 bits per heavy atom. The first-order chi connectivity index (χ1) is 11.3. The van der Waals surface area contributed by atoms with Crippen LogP contribution >= 0.6 is 11.6 Å². The molecule has 1 saturated heterocycles.